The average molecular weight is 371 g/mol. The molecular formula is C18H29NO5S. The Morgan fingerprint density at radius 3 is 2.32 bits per heavy atom. The van der Waals surface area contributed by atoms with Crippen molar-refractivity contribution in [3.63, 3.8) is 0 Å². The highest BCUT2D eigenvalue weighted by molar-refractivity contribution is 7.93. The van der Waals surface area contributed by atoms with Crippen molar-refractivity contribution in [1.82, 2.24) is 5.16 Å². The number of aromatic nitrogens is 1. The molecule has 0 radical (unpaired) electrons. The number of nitrogens with zero attached hydrogens (tertiary/aromatic N) is 1. The number of carbonyl (C=O) groups excluding carboxylic acids is 1. The van der Waals surface area contributed by atoms with E-state index in [4.69, 9.17) is 9.26 Å². The van der Waals surface area contributed by atoms with E-state index < -0.39 is 14.6 Å². The molecule has 2 rings (SSSR count). The quantitative estimate of drug-likeness (QED) is 0.764. The molecule has 1 aliphatic rings. The minimum absolute atomic E-state index is 0.0289. The van der Waals surface area contributed by atoms with E-state index in [9.17, 15) is 13.2 Å². The van der Waals surface area contributed by atoms with Gasteiger partial charge in [0.25, 0.3) is 0 Å². The van der Waals surface area contributed by atoms with Gasteiger partial charge in [0.1, 0.15) is 10.5 Å². The first-order valence-corrected chi connectivity index (χ1v) is 10.4. The van der Waals surface area contributed by atoms with Gasteiger partial charge in [-0.25, -0.2) is 8.42 Å². The Morgan fingerprint density at radius 2 is 1.80 bits per heavy atom. The first-order chi connectivity index (χ1) is 11.4. The molecule has 6 nitrogen and oxygen atoms in total. The molecule has 1 saturated heterocycles. The van der Waals surface area contributed by atoms with E-state index in [-0.39, 0.29) is 29.3 Å². The fourth-order valence-electron chi connectivity index (χ4n) is 2.73. The van der Waals surface area contributed by atoms with Gasteiger partial charge in [-0.15, -0.1) is 0 Å². The van der Waals surface area contributed by atoms with Gasteiger partial charge in [0.15, 0.2) is 15.6 Å². The van der Waals surface area contributed by atoms with E-state index in [1.54, 1.807) is 6.07 Å². The van der Waals surface area contributed by atoms with Crippen LogP contribution >= 0.6 is 0 Å². The standard InChI is InChI=1S/C18H29NO5S/c1-17(2,3)16-11-14(19-24-16)10-15(20)18(4,5)25(21,22)12-13-6-8-23-9-7-13/h11,13H,6-10,12H2,1-5H3. The molecule has 0 spiro atoms. The minimum Gasteiger partial charge on any atom is -0.381 e. The molecule has 142 valence electrons. The van der Waals surface area contributed by atoms with Gasteiger partial charge in [0.05, 0.1) is 17.9 Å². The minimum atomic E-state index is -3.56. The zero-order valence-corrected chi connectivity index (χ0v) is 16.6. The molecule has 0 amide bonds. The molecule has 25 heavy (non-hydrogen) atoms. The lowest BCUT2D eigenvalue weighted by atomic mass is 9.92. The molecule has 0 saturated carbocycles. The van der Waals surface area contributed by atoms with Crippen molar-refractivity contribution < 1.29 is 22.5 Å². The first kappa shape index (κ1) is 20.1. The van der Waals surface area contributed by atoms with Crippen LogP contribution in [0.4, 0.5) is 0 Å². The van der Waals surface area contributed by atoms with Crippen LogP contribution in [0, 0.1) is 5.92 Å². The van der Waals surface area contributed by atoms with Crippen LogP contribution in [0.25, 0.3) is 0 Å². The second-order valence-corrected chi connectivity index (χ2v) is 11.0. The summed E-state index contributed by atoms with van der Waals surface area (Å²) in [6.45, 7) is 10.1. The molecule has 1 aromatic rings. The number of carbonyl (C=O) groups is 1. The van der Waals surface area contributed by atoms with E-state index in [1.165, 1.54) is 13.8 Å². The Balaban J connectivity index is 2.09. The maximum Gasteiger partial charge on any atom is 0.162 e. The molecule has 0 unspecified atom stereocenters. The predicted molar refractivity (Wildman–Crippen MR) is 95.3 cm³/mol. The maximum atomic E-state index is 12.8. The Hall–Kier alpha value is -1.21. The van der Waals surface area contributed by atoms with Crippen molar-refractivity contribution in [1.29, 1.82) is 0 Å². The van der Waals surface area contributed by atoms with Gasteiger partial charge in [-0.3, -0.25) is 4.79 Å². The van der Waals surface area contributed by atoms with Crippen LogP contribution in [-0.4, -0.2) is 43.1 Å². The van der Waals surface area contributed by atoms with Crippen LogP contribution in [0.5, 0.6) is 0 Å². The maximum absolute atomic E-state index is 12.8. The molecule has 0 aromatic carbocycles. The van der Waals surface area contributed by atoms with Crippen molar-refractivity contribution in [3.05, 3.63) is 17.5 Å². The van der Waals surface area contributed by atoms with E-state index >= 15 is 0 Å². The van der Waals surface area contributed by atoms with Crippen molar-refractivity contribution in [2.75, 3.05) is 19.0 Å². The van der Waals surface area contributed by atoms with Gasteiger partial charge < -0.3 is 9.26 Å². The third-order valence-corrected chi connectivity index (χ3v) is 7.58. The number of Topliss-reactive ketones (excluding diaryl/α,β-unsaturated/α-hetero) is 1. The van der Waals surface area contributed by atoms with Crippen molar-refractivity contribution in [2.24, 2.45) is 5.92 Å². The number of rotatable bonds is 6. The SMILES string of the molecule is CC(C)(C)c1cc(CC(=O)C(C)(C)S(=O)(=O)CC2CCOCC2)no1. The van der Waals surface area contributed by atoms with E-state index in [0.29, 0.717) is 24.7 Å². The number of sulfone groups is 1. The fraction of sp³-hybridized carbons (Fsp3) is 0.778. The highest BCUT2D eigenvalue weighted by Crippen LogP contribution is 2.27. The van der Waals surface area contributed by atoms with Gasteiger partial charge in [0.2, 0.25) is 0 Å². The highest BCUT2D eigenvalue weighted by Gasteiger charge is 2.42. The van der Waals surface area contributed by atoms with Gasteiger partial charge in [-0.05, 0) is 32.6 Å². The van der Waals surface area contributed by atoms with Crippen LogP contribution < -0.4 is 0 Å². The third kappa shape index (κ3) is 4.70. The Labute approximate surface area is 150 Å². The van der Waals surface area contributed by atoms with Crippen LogP contribution in [0.1, 0.15) is 58.9 Å². The van der Waals surface area contributed by atoms with Crippen molar-refractivity contribution in [2.45, 2.75) is 64.0 Å². The number of hydrogen-bond acceptors (Lipinski definition) is 6. The van der Waals surface area contributed by atoms with E-state index in [2.05, 4.69) is 5.16 Å². The Morgan fingerprint density at radius 1 is 1.20 bits per heavy atom. The lowest BCUT2D eigenvalue weighted by Gasteiger charge is -2.28. The summed E-state index contributed by atoms with van der Waals surface area (Å²) in [6.07, 6.45) is 1.41. The molecule has 1 aromatic heterocycles. The molecule has 7 heteroatoms. The lowest BCUT2D eigenvalue weighted by Crippen LogP contribution is -2.44. The van der Waals surface area contributed by atoms with Crippen molar-refractivity contribution in [3.8, 4) is 0 Å². The molecule has 0 aliphatic carbocycles. The summed E-state index contributed by atoms with van der Waals surface area (Å²) in [5.41, 5.74) is 0.267. The molecule has 2 heterocycles. The zero-order chi connectivity index (χ0) is 18.9. The summed E-state index contributed by atoms with van der Waals surface area (Å²) < 4.78 is 34.7. The van der Waals surface area contributed by atoms with E-state index in [1.807, 2.05) is 20.8 Å². The van der Waals surface area contributed by atoms with Crippen LogP contribution in [-0.2, 0) is 31.2 Å². The van der Waals surface area contributed by atoms with Gasteiger partial charge in [-0.2, -0.15) is 0 Å². The zero-order valence-electron chi connectivity index (χ0n) is 15.8. The summed E-state index contributed by atoms with van der Waals surface area (Å²) in [7, 11) is -3.56. The number of ketones is 1. The van der Waals surface area contributed by atoms with Gasteiger partial charge in [-0.1, -0.05) is 25.9 Å². The second kappa shape index (κ2) is 7.19. The fourth-order valence-corrected chi connectivity index (χ4v) is 4.52. The largest absolute Gasteiger partial charge is 0.381 e. The first-order valence-electron chi connectivity index (χ1n) is 8.73. The number of hydrogen-bond donors (Lipinski definition) is 0. The summed E-state index contributed by atoms with van der Waals surface area (Å²) in [5.74, 6) is 0.415. The smallest absolute Gasteiger partial charge is 0.162 e. The second-order valence-electron chi connectivity index (χ2n) is 8.38. The average Bonchev–Trinajstić information content (AvgIpc) is 2.96. The highest BCUT2D eigenvalue weighted by atomic mass is 32.2. The summed E-state index contributed by atoms with van der Waals surface area (Å²) in [4.78, 5) is 12.7. The molecule has 1 fully saturated rings. The molecule has 1 aliphatic heterocycles. The normalized spacial score (nSPS) is 17.6. The van der Waals surface area contributed by atoms with Crippen LogP contribution in [0.3, 0.4) is 0 Å². The van der Waals surface area contributed by atoms with Crippen LogP contribution in [0.2, 0.25) is 0 Å². The van der Waals surface area contributed by atoms with Crippen LogP contribution in [0.15, 0.2) is 10.6 Å². The Bertz CT molecular complexity index is 706. The summed E-state index contributed by atoms with van der Waals surface area (Å²) in [5, 5.41) is 3.93. The predicted octanol–water partition coefficient (Wildman–Crippen LogP) is 2.70. The van der Waals surface area contributed by atoms with Gasteiger partial charge in [0, 0.05) is 24.7 Å². The summed E-state index contributed by atoms with van der Waals surface area (Å²) in [6, 6.07) is 1.74. The monoisotopic (exact) mass is 371 g/mol. The third-order valence-electron chi connectivity index (χ3n) is 4.88. The Kier molecular flexibility index (Phi) is 5.78. The van der Waals surface area contributed by atoms with Crippen molar-refractivity contribution >= 4 is 15.6 Å². The summed E-state index contributed by atoms with van der Waals surface area (Å²) >= 11 is 0. The lowest BCUT2D eigenvalue weighted by molar-refractivity contribution is -0.120. The molecule has 0 atom stereocenters. The van der Waals surface area contributed by atoms with Gasteiger partial charge >= 0.3 is 0 Å². The van der Waals surface area contributed by atoms with E-state index in [0.717, 1.165) is 12.8 Å². The molecule has 0 bridgehead atoms. The molecular weight excluding hydrogens is 342 g/mol. The molecule has 0 N–H and O–H groups in total. The topological polar surface area (TPSA) is 86.5 Å². The number of ether oxygens (including phenoxy) is 1.